The molecule has 0 aromatic heterocycles. The normalized spacial score (nSPS) is 18.4. The lowest BCUT2D eigenvalue weighted by molar-refractivity contribution is -0.124. The summed E-state index contributed by atoms with van der Waals surface area (Å²) in [6.07, 6.45) is 2.09. The van der Waals surface area contributed by atoms with Gasteiger partial charge in [-0.1, -0.05) is 27.7 Å². The van der Waals surface area contributed by atoms with Crippen LogP contribution in [0.15, 0.2) is 0 Å². The Kier molecular flexibility index (Phi) is 11.9. The van der Waals surface area contributed by atoms with Crippen molar-refractivity contribution >= 4 is 30.7 Å². The molecule has 0 radical (unpaired) electrons. The smallest absolute Gasteiger partial charge is 0.237 e. The molecule has 0 aromatic rings. The first-order valence-electron chi connectivity index (χ1n) is 7.18. The van der Waals surface area contributed by atoms with Crippen LogP contribution in [0.1, 0.15) is 40.5 Å². The van der Waals surface area contributed by atoms with Gasteiger partial charge in [0, 0.05) is 25.7 Å². The fourth-order valence-electron chi connectivity index (χ4n) is 2.38. The molecule has 0 saturated carbocycles. The molecule has 1 rings (SSSR count). The fourth-order valence-corrected chi connectivity index (χ4v) is 2.38. The lowest BCUT2D eigenvalue weighted by Gasteiger charge is -2.33. The Morgan fingerprint density at radius 2 is 1.70 bits per heavy atom. The summed E-state index contributed by atoms with van der Waals surface area (Å²) < 4.78 is 0. The number of rotatable bonds is 5. The van der Waals surface area contributed by atoms with Gasteiger partial charge in [0.15, 0.2) is 0 Å². The SMILES string of the molecule is CC(C)CN1CCC(NC(=O)[C@@H](N)C(C)C)CC1.Cl.Cl. The van der Waals surface area contributed by atoms with Crippen molar-refractivity contribution in [1.82, 2.24) is 10.2 Å². The van der Waals surface area contributed by atoms with Crippen molar-refractivity contribution in [2.24, 2.45) is 17.6 Å². The monoisotopic (exact) mass is 327 g/mol. The molecule has 122 valence electrons. The minimum atomic E-state index is -0.376. The molecular formula is C14H31Cl2N3O. The van der Waals surface area contributed by atoms with E-state index in [9.17, 15) is 4.79 Å². The van der Waals surface area contributed by atoms with Crippen LogP contribution in [0.4, 0.5) is 0 Å². The number of carbonyl (C=O) groups excluding carboxylic acids is 1. The number of carbonyl (C=O) groups is 1. The lowest BCUT2D eigenvalue weighted by Crippen LogP contribution is -2.51. The van der Waals surface area contributed by atoms with Crippen LogP contribution in [-0.4, -0.2) is 42.5 Å². The van der Waals surface area contributed by atoms with E-state index >= 15 is 0 Å². The molecule has 4 nitrogen and oxygen atoms in total. The Labute approximate surface area is 136 Å². The molecule has 1 amide bonds. The largest absolute Gasteiger partial charge is 0.352 e. The summed E-state index contributed by atoms with van der Waals surface area (Å²) >= 11 is 0. The zero-order chi connectivity index (χ0) is 13.7. The standard InChI is InChI=1S/C14H29N3O.2ClH/c1-10(2)9-17-7-5-12(6-8-17)16-14(18)13(15)11(3)4;;/h10-13H,5-9,15H2,1-4H3,(H,16,18);2*1H/t13-;;/m0../s1. The number of piperidine rings is 1. The van der Waals surface area contributed by atoms with E-state index in [0.717, 1.165) is 32.5 Å². The zero-order valence-electron chi connectivity index (χ0n) is 13.1. The second-order valence-corrected chi connectivity index (χ2v) is 6.25. The van der Waals surface area contributed by atoms with Crippen LogP contribution >= 0.6 is 24.8 Å². The molecule has 1 atom stereocenters. The minimum absolute atomic E-state index is 0. The van der Waals surface area contributed by atoms with Crippen molar-refractivity contribution in [2.45, 2.75) is 52.6 Å². The number of hydrogen-bond donors (Lipinski definition) is 2. The van der Waals surface area contributed by atoms with E-state index in [1.54, 1.807) is 0 Å². The number of hydrogen-bond acceptors (Lipinski definition) is 3. The fraction of sp³-hybridized carbons (Fsp3) is 0.929. The molecule has 1 aliphatic rings. The summed E-state index contributed by atoms with van der Waals surface area (Å²) in [7, 11) is 0. The average molecular weight is 328 g/mol. The van der Waals surface area contributed by atoms with Crippen LogP contribution in [0.3, 0.4) is 0 Å². The van der Waals surface area contributed by atoms with Crippen molar-refractivity contribution in [3.63, 3.8) is 0 Å². The maximum Gasteiger partial charge on any atom is 0.237 e. The summed E-state index contributed by atoms with van der Waals surface area (Å²) in [5, 5.41) is 3.08. The van der Waals surface area contributed by atoms with Crippen LogP contribution in [0, 0.1) is 11.8 Å². The zero-order valence-corrected chi connectivity index (χ0v) is 14.7. The Bertz CT molecular complexity index is 267. The van der Waals surface area contributed by atoms with Gasteiger partial charge in [0.05, 0.1) is 6.04 Å². The van der Waals surface area contributed by atoms with Crippen LogP contribution in [-0.2, 0) is 4.79 Å². The van der Waals surface area contributed by atoms with Crippen LogP contribution in [0.5, 0.6) is 0 Å². The summed E-state index contributed by atoms with van der Waals surface area (Å²) in [5.74, 6) is 0.920. The van der Waals surface area contributed by atoms with Crippen molar-refractivity contribution in [3.8, 4) is 0 Å². The van der Waals surface area contributed by atoms with E-state index in [2.05, 4.69) is 24.1 Å². The van der Waals surface area contributed by atoms with Crippen molar-refractivity contribution in [2.75, 3.05) is 19.6 Å². The van der Waals surface area contributed by atoms with Gasteiger partial charge in [0.1, 0.15) is 0 Å². The first-order valence-corrected chi connectivity index (χ1v) is 7.18. The third-order valence-corrected chi connectivity index (χ3v) is 3.58. The number of likely N-dealkylation sites (tertiary alicyclic amines) is 1. The van der Waals surface area contributed by atoms with Crippen LogP contribution < -0.4 is 11.1 Å². The third-order valence-electron chi connectivity index (χ3n) is 3.58. The number of nitrogens with zero attached hydrogens (tertiary/aromatic N) is 1. The third kappa shape index (κ3) is 7.67. The minimum Gasteiger partial charge on any atom is -0.352 e. The number of amides is 1. The van der Waals surface area contributed by atoms with E-state index in [4.69, 9.17) is 5.73 Å². The molecule has 0 aromatic carbocycles. The van der Waals surface area contributed by atoms with Gasteiger partial charge in [-0.05, 0) is 24.7 Å². The highest BCUT2D eigenvalue weighted by Crippen LogP contribution is 2.12. The molecule has 0 spiro atoms. The summed E-state index contributed by atoms with van der Waals surface area (Å²) in [5.41, 5.74) is 5.85. The molecule has 20 heavy (non-hydrogen) atoms. The second-order valence-electron chi connectivity index (χ2n) is 6.25. The summed E-state index contributed by atoms with van der Waals surface area (Å²) in [6, 6.07) is -0.0654. The van der Waals surface area contributed by atoms with E-state index in [1.807, 2.05) is 13.8 Å². The average Bonchev–Trinajstić information content (AvgIpc) is 2.29. The second kappa shape index (κ2) is 10.7. The lowest BCUT2D eigenvalue weighted by atomic mass is 10.0. The molecule has 1 heterocycles. The molecule has 0 unspecified atom stereocenters. The molecule has 1 fully saturated rings. The first kappa shape index (κ1) is 22.3. The van der Waals surface area contributed by atoms with E-state index in [-0.39, 0.29) is 42.7 Å². The van der Waals surface area contributed by atoms with Crippen molar-refractivity contribution in [3.05, 3.63) is 0 Å². The van der Waals surface area contributed by atoms with Gasteiger partial charge < -0.3 is 16.0 Å². The Hall–Kier alpha value is -0.0300. The van der Waals surface area contributed by atoms with Crippen molar-refractivity contribution in [1.29, 1.82) is 0 Å². The molecule has 1 saturated heterocycles. The predicted molar refractivity (Wildman–Crippen MR) is 89.8 cm³/mol. The quantitative estimate of drug-likeness (QED) is 0.812. The highest BCUT2D eigenvalue weighted by molar-refractivity contribution is 5.85. The van der Waals surface area contributed by atoms with Crippen LogP contribution in [0.25, 0.3) is 0 Å². The first-order chi connectivity index (χ1) is 8.40. The van der Waals surface area contributed by atoms with Gasteiger partial charge in [-0.3, -0.25) is 4.79 Å². The number of halogens is 2. The number of nitrogens with two attached hydrogens (primary N) is 1. The predicted octanol–water partition coefficient (Wildman–Crippen LogP) is 2.05. The van der Waals surface area contributed by atoms with Crippen molar-refractivity contribution < 1.29 is 4.79 Å². The number of nitrogens with one attached hydrogen (secondary N) is 1. The Morgan fingerprint density at radius 3 is 2.10 bits per heavy atom. The summed E-state index contributed by atoms with van der Waals surface area (Å²) in [6.45, 7) is 11.8. The molecule has 0 bridgehead atoms. The van der Waals surface area contributed by atoms with Crippen LogP contribution in [0.2, 0.25) is 0 Å². The molecule has 1 aliphatic heterocycles. The highest BCUT2D eigenvalue weighted by atomic mass is 35.5. The maximum absolute atomic E-state index is 11.9. The van der Waals surface area contributed by atoms with Gasteiger partial charge in [0.25, 0.3) is 0 Å². The topological polar surface area (TPSA) is 58.4 Å². The molecule has 3 N–H and O–H groups in total. The Morgan fingerprint density at radius 1 is 1.20 bits per heavy atom. The van der Waals surface area contributed by atoms with Gasteiger partial charge in [-0.25, -0.2) is 0 Å². The van der Waals surface area contributed by atoms with E-state index < -0.39 is 0 Å². The molecule has 6 heteroatoms. The Balaban J connectivity index is 0. The van der Waals surface area contributed by atoms with E-state index in [1.165, 1.54) is 0 Å². The van der Waals surface area contributed by atoms with Gasteiger partial charge in [-0.2, -0.15) is 0 Å². The van der Waals surface area contributed by atoms with Gasteiger partial charge >= 0.3 is 0 Å². The molecule has 0 aliphatic carbocycles. The van der Waals surface area contributed by atoms with Gasteiger partial charge in [-0.15, -0.1) is 24.8 Å². The molecular weight excluding hydrogens is 297 g/mol. The highest BCUT2D eigenvalue weighted by Gasteiger charge is 2.24. The van der Waals surface area contributed by atoms with Gasteiger partial charge in [0.2, 0.25) is 5.91 Å². The van der Waals surface area contributed by atoms with E-state index in [0.29, 0.717) is 12.0 Å². The maximum atomic E-state index is 11.9. The summed E-state index contributed by atoms with van der Waals surface area (Å²) in [4.78, 5) is 14.3.